The van der Waals surface area contributed by atoms with Crippen molar-refractivity contribution in [2.45, 2.75) is 5.41 Å². The third-order valence-corrected chi connectivity index (χ3v) is 14.8. The minimum Gasteiger partial charge on any atom is -0.309 e. The predicted octanol–water partition coefficient (Wildman–Crippen LogP) is 15.4. The van der Waals surface area contributed by atoms with E-state index >= 15 is 0 Å². The Morgan fingerprint density at radius 2 is 0.783 bits per heavy atom. The molecule has 0 amide bonds. The molecule has 13 aromatic rings. The minimum absolute atomic E-state index is 0.458. The van der Waals surface area contributed by atoms with Crippen LogP contribution in [-0.2, 0) is 5.41 Å². The molecule has 3 heterocycles. The van der Waals surface area contributed by atoms with Crippen LogP contribution in [0.25, 0.3) is 111 Å². The summed E-state index contributed by atoms with van der Waals surface area (Å²) in [6, 6.07) is 85.5. The van der Waals surface area contributed by atoms with E-state index in [-0.39, 0.29) is 0 Å². The molecule has 0 unspecified atom stereocenters. The van der Waals surface area contributed by atoms with Crippen molar-refractivity contribution in [1.29, 1.82) is 0 Å². The third-order valence-electron chi connectivity index (χ3n) is 14.8. The van der Waals surface area contributed by atoms with E-state index in [0.717, 1.165) is 55.3 Å². The molecule has 0 N–H and O–H groups in total. The van der Waals surface area contributed by atoms with Gasteiger partial charge in [-0.1, -0.05) is 206 Å². The molecule has 2 aliphatic rings. The highest BCUT2D eigenvalue weighted by Crippen LogP contribution is 2.64. The predicted molar refractivity (Wildman–Crippen MR) is 281 cm³/mol. The molecule has 5 nitrogen and oxygen atoms in total. The van der Waals surface area contributed by atoms with Crippen molar-refractivity contribution in [3.05, 3.63) is 259 Å². The Morgan fingerprint density at radius 1 is 0.304 bits per heavy atom. The van der Waals surface area contributed by atoms with Crippen LogP contribution >= 0.6 is 0 Å². The molecule has 0 bridgehead atoms. The van der Waals surface area contributed by atoms with Crippen LogP contribution in [0.15, 0.2) is 237 Å². The first-order valence-corrected chi connectivity index (χ1v) is 23.6. The maximum atomic E-state index is 5.39. The van der Waals surface area contributed by atoms with Crippen molar-refractivity contribution < 1.29 is 0 Å². The monoisotopic (exact) mass is 877 g/mol. The molecule has 3 aromatic heterocycles. The lowest BCUT2D eigenvalue weighted by atomic mass is 9.70. The average Bonchev–Trinajstić information content (AvgIpc) is 4.13. The van der Waals surface area contributed by atoms with Gasteiger partial charge in [0.2, 0.25) is 5.95 Å². The molecule has 69 heavy (non-hydrogen) atoms. The number of benzene rings is 10. The van der Waals surface area contributed by atoms with Crippen molar-refractivity contribution in [2.75, 3.05) is 0 Å². The van der Waals surface area contributed by atoms with Crippen molar-refractivity contribution in [3.63, 3.8) is 0 Å². The summed E-state index contributed by atoms with van der Waals surface area (Å²) in [6.07, 6.45) is 0. The highest BCUT2D eigenvalue weighted by molar-refractivity contribution is 6.17. The Morgan fingerprint density at radius 3 is 1.43 bits per heavy atom. The summed E-state index contributed by atoms with van der Waals surface area (Å²) >= 11 is 0. The summed E-state index contributed by atoms with van der Waals surface area (Å²) in [4.78, 5) is 16.0. The molecule has 10 aromatic carbocycles. The minimum atomic E-state index is -0.458. The molecule has 15 rings (SSSR count). The number of fused-ring (bicyclic) bond motifs is 17. The average molecular weight is 878 g/mol. The van der Waals surface area contributed by atoms with E-state index in [1.54, 1.807) is 0 Å². The standard InChI is InChI=1S/C64H39N5/c1-2-17-40(18-3-1)41-33-35-42(36-34-41)61-65-62(67-63(66-61)69-57-31-14-7-23-47(57)48-24-8-15-32-58(48)69)43-19-16-20-44(39-43)68-56-30-13-9-25-49(56)50-37-38-55-59(60(50)68)51-26-6-12-29-54(51)64(55)52-27-10-4-21-45(52)46-22-5-11-28-53(46)64/h1-39H. The maximum Gasteiger partial charge on any atom is 0.238 e. The first-order chi connectivity index (χ1) is 34.2. The van der Waals surface area contributed by atoms with Gasteiger partial charge in [-0.2, -0.15) is 9.97 Å². The molecular weight excluding hydrogens is 839 g/mol. The highest BCUT2D eigenvalue weighted by Gasteiger charge is 2.52. The summed E-state index contributed by atoms with van der Waals surface area (Å²) in [7, 11) is 0. The van der Waals surface area contributed by atoms with E-state index in [2.05, 4.69) is 240 Å². The van der Waals surface area contributed by atoms with Crippen LogP contribution in [0.5, 0.6) is 0 Å². The van der Waals surface area contributed by atoms with E-state index < -0.39 is 5.41 Å². The first-order valence-electron chi connectivity index (χ1n) is 23.6. The molecule has 1 spiro atoms. The van der Waals surface area contributed by atoms with Crippen LogP contribution in [0, 0.1) is 0 Å². The van der Waals surface area contributed by atoms with Gasteiger partial charge in [0.25, 0.3) is 0 Å². The number of hydrogen-bond donors (Lipinski definition) is 0. The molecule has 0 atom stereocenters. The Balaban J connectivity index is 0.974. The Bertz CT molecular complexity index is 4160. The number of para-hydroxylation sites is 3. The Hall–Kier alpha value is -9.19. The lowest BCUT2D eigenvalue weighted by molar-refractivity contribution is 0.794. The van der Waals surface area contributed by atoms with E-state index in [0.29, 0.717) is 17.6 Å². The molecule has 2 aliphatic carbocycles. The topological polar surface area (TPSA) is 48.5 Å². The van der Waals surface area contributed by atoms with Crippen LogP contribution in [0.4, 0.5) is 0 Å². The molecule has 5 heteroatoms. The van der Waals surface area contributed by atoms with Gasteiger partial charge in [-0.25, -0.2) is 4.98 Å². The zero-order valence-electron chi connectivity index (χ0n) is 37.3. The van der Waals surface area contributed by atoms with Crippen molar-refractivity contribution in [1.82, 2.24) is 24.1 Å². The lowest BCUT2D eigenvalue weighted by Crippen LogP contribution is -2.25. The van der Waals surface area contributed by atoms with Gasteiger partial charge < -0.3 is 4.57 Å². The second kappa shape index (κ2) is 14.4. The summed E-state index contributed by atoms with van der Waals surface area (Å²) in [5, 5.41) is 4.73. The molecule has 0 radical (unpaired) electrons. The molecule has 0 saturated heterocycles. The van der Waals surface area contributed by atoms with Gasteiger partial charge >= 0.3 is 0 Å². The normalized spacial score (nSPS) is 13.0. The van der Waals surface area contributed by atoms with Gasteiger partial charge in [0.05, 0.1) is 27.5 Å². The molecular formula is C64H39N5. The maximum absolute atomic E-state index is 5.39. The zero-order valence-corrected chi connectivity index (χ0v) is 37.3. The Kier molecular flexibility index (Phi) is 7.93. The molecule has 0 aliphatic heterocycles. The van der Waals surface area contributed by atoms with Gasteiger partial charge in [-0.15, -0.1) is 0 Å². The van der Waals surface area contributed by atoms with Crippen molar-refractivity contribution >= 4 is 43.6 Å². The first kappa shape index (κ1) is 38.0. The summed E-state index contributed by atoms with van der Waals surface area (Å²) in [5.41, 5.74) is 19.5. The van der Waals surface area contributed by atoms with Gasteiger partial charge in [0.1, 0.15) is 0 Å². The summed E-state index contributed by atoms with van der Waals surface area (Å²) in [6.45, 7) is 0. The van der Waals surface area contributed by atoms with Crippen LogP contribution in [0.1, 0.15) is 22.3 Å². The van der Waals surface area contributed by atoms with Gasteiger partial charge in [-0.05, 0) is 80.4 Å². The SMILES string of the molecule is c1ccc(-c2ccc(-c3nc(-c4cccc(-n5c6ccccc6c6ccc7c(c65)-c5ccccc5C75c6ccccc6-c6ccccc65)c4)nc(-n4c5ccccc5c5ccccc54)n3)cc2)cc1. The van der Waals surface area contributed by atoms with E-state index in [4.69, 9.17) is 15.0 Å². The third kappa shape index (κ3) is 5.27. The van der Waals surface area contributed by atoms with Crippen molar-refractivity contribution in [3.8, 4) is 67.8 Å². The van der Waals surface area contributed by atoms with Crippen molar-refractivity contribution in [2.24, 2.45) is 0 Å². The molecule has 0 saturated carbocycles. The quantitative estimate of drug-likeness (QED) is 0.173. The number of aromatic nitrogens is 5. The van der Waals surface area contributed by atoms with E-state index in [1.807, 2.05) is 6.07 Å². The zero-order chi connectivity index (χ0) is 45.2. The summed E-state index contributed by atoms with van der Waals surface area (Å²) < 4.78 is 4.66. The smallest absolute Gasteiger partial charge is 0.238 e. The molecule has 320 valence electrons. The van der Waals surface area contributed by atoms with Crippen LogP contribution in [0.2, 0.25) is 0 Å². The van der Waals surface area contributed by atoms with Gasteiger partial charge in [-0.3, -0.25) is 4.57 Å². The van der Waals surface area contributed by atoms with E-state index in [9.17, 15) is 0 Å². The number of nitrogens with zero attached hydrogens (tertiary/aromatic N) is 5. The van der Waals surface area contributed by atoms with Crippen LogP contribution in [-0.4, -0.2) is 24.1 Å². The van der Waals surface area contributed by atoms with E-state index in [1.165, 1.54) is 60.8 Å². The number of rotatable bonds is 5. The lowest BCUT2D eigenvalue weighted by Gasteiger charge is -2.30. The largest absolute Gasteiger partial charge is 0.309 e. The fourth-order valence-corrected chi connectivity index (χ4v) is 12.0. The Labute approximate surface area is 397 Å². The number of hydrogen-bond acceptors (Lipinski definition) is 3. The van der Waals surface area contributed by atoms with Crippen LogP contribution < -0.4 is 0 Å². The fraction of sp³-hybridized carbons (Fsp3) is 0.0156. The fourth-order valence-electron chi connectivity index (χ4n) is 12.0. The van der Waals surface area contributed by atoms with Gasteiger partial charge in [0, 0.05) is 43.9 Å². The summed E-state index contributed by atoms with van der Waals surface area (Å²) in [5.74, 6) is 1.77. The second-order valence-electron chi connectivity index (χ2n) is 18.3. The van der Waals surface area contributed by atoms with Gasteiger partial charge in [0.15, 0.2) is 11.6 Å². The molecule has 0 fully saturated rings. The highest BCUT2D eigenvalue weighted by atomic mass is 15.2. The van der Waals surface area contributed by atoms with Crippen LogP contribution in [0.3, 0.4) is 0 Å². The second-order valence-corrected chi connectivity index (χ2v) is 18.3.